The summed E-state index contributed by atoms with van der Waals surface area (Å²) in [5.41, 5.74) is 0.271. The van der Waals surface area contributed by atoms with E-state index in [2.05, 4.69) is 20.8 Å². The summed E-state index contributed by atoms with van der Waals surface area (Å²) in [6.07, 6.45) is 1.57. The van der Waals surface area contributed by atoms with Crippen LogP contribution in [0.3, 0.4) is 0 Å². The number of nitrogens with zero attached hydrogens (tertiary/aromatic N) is 2. The summed E-state index contributed by atoms with van der Waals surface area (Å²) >= 11 is 2.70. The predicted octanol–water partition coefficient (Wildman–Crippen LogP) is 5.01. The molecule has 0 aliphatic carbocycles. The predicted molar refractivity (Wildman–Crippen MR) is 112 cm³/mol. The summed E-state index contributed by atoms with van der Waals surface area (Å²) in [5.74, 6) is 0.623. The van der Waals surface area contributed by atoms with Crippen LogP contribution in [0.25, 0.3) is 0 Å². The Morgan fingerprint density at radius 2 is 2.00 bits per heavy atom. The molecule has 1 aromatic carbocycles. The highest BCUT2D eigenvalue weighted by Gasteiger charge is 2.20. The topological polar surface area (TPSA) is 106 Å². The molecule has 0 atom stereocenters. The van der Waals surface area contributed by atoms with E-state index in [1.54, 1.807) is 30.5 Å². The minimum atomic E-state index is -0.438. The molecule has 3 aromatic rings. The molecule has 0 radical (unpaired) electrons. The van der Waals surface area contributed by atoms with Crippen LogP contribution in [0.4, 0.5) is 15.6 Å². The molecule has 2 heterocycles. The first kappa shape index (κ1) is 20.9. The maximum absolute atomic E-state index is 12.2. The number of methoxy groups -OCH3 is 1. The Labute approximate surface area is 176 Å². The lowest BCUT2D eigenvalue weighted by atomic mass is 9.93. The van der Waals surface area contributed by atoms with Gasteiger partial charge in [0.25, 0.3) is 0 Å². The number of amides is 2. The lowest BCUT2D eigenvalue weighted by Crippen LogP contribution is -2.19. The van der Waals surface area contributed by atoms with Crippen LogP contribution in [-0.4, -0.2) is 29.3 Å². The van der Waals surface area contributed by atoms with Gasteiger partial charge in [-0.05, 0) is 18.2 Å². The molecule has 8 nitrogen and oxygen atoms in total. The fourth-order valence-corrected chi connectivity index (χ4v) is 4.12. The molecule has 2 amide bonds. The minimum Gasteiger partial charge on any atom is -0.465 e. The number of carbonyl (C=O) groups is 2. The molecule has 152 valence electrons. The molecule has 0 fully saturated rings. The van der Waals surface area contributed by atoms with Gasteiger partial charge in [0.1, 0.15) is 10.8 Å². The highest BCUT2D eigenvalue weighted by Crippen LogP contribution is 2.34. The number of ether oxygens (including phenoxy) is 1. The third-order valence-electron chi connectivity index (χ3n) is 3.67. The quantitative estimate of drug-likeness (QED) is 0.546. The summed E-state index contributed by atoms with van der Waals surface area (Å²) in [6.45, 7) is 5.98. The minimum absolute atomic E-state index is 0.196. The largest absolute Gasteiger partial charge is 0.465 e. The van der Waals surface area contributed by atoms with Gasteiger partial charge in [-0.25, -0.2) is 14.6 Å². The van der Waals surface area contributed by atoms with Crippen molar-refractivity contribution >= 4 is 45.9 Å². The molecule has 0 bridgehead atoms. The first-order valence-corrected chi connectivity index (χ1v) is 10.2. The number of benzene rings is 1. The number of hydrogen-bond acceptors (Lipinski definition) is 8. The van der Waals surface area contributed by atoms with E-state index in [-0.39, 0.29) is 5.41 Å². The van der Waals surface area contributed by atoms with Crippen molar-refractivity contribution in [2.45, 2.75) is 35.4 Å². The maximum atomic E-state index is 12.2. The number of esters is 1. The average Bonchev–Trinajstić information content (AvgIpc) is 3.30. The summed E-state index contributed by atoms with van der Waals surface area (Å²) in [4.78, 5) is 29.0. The van der Waals surface area contributed by atoms with Crippen molar-refractivity contribution in [2.75, 3.05) is 17.7 Å². The van der Waals surface area contributed by atoms with E-state index in [1.165, 1.54) is 30.2 Å². The lowest BCUT2D eigenvalue weighted by molar-refractivity contribution is 0.0600. The summed E-state index contributed by atoms with van der Waals surface area (Å²) in [7, 11) is 1.34. The number of aromatic nitrogens is 2. The third kappa shape index (κ3) is 5.58. The summed E-state index contributed by atoms with van der Waals surface area (Å²) < 4.78 is 10.7. The zero-order valence-corrected chi connectivity index (χ0v) is 17.9. The van der Waals surface area contributed by atoms with E-state index in [1.807, 2.05) is 26.8 Å². The number of hydrogen-bond donors (Lipinski definition) is 2. The van der Waals surface area contributed by atoms with Gasteiger partial charge in [0.05, 0.1) is 18.9 Å². The average molecular weight is 433 g/mol. The molecule has 29 heavy (non-hydrogen) atoms. The van der Waals surface area contributed by atoms with Crippen molar-refractivity contribution in [3.63, 3.8) is 0 Å². The normalized spacial score (nSPS) is 11.2. The van der Waals surface area contributed by atoms with Crippen LogP contribution in [0.2, 0.25) is 0 Å². The van der Waals surface area contributed by atoms with Crippen LogP contribution in [0.5, 0.6) is 0 Å². The Morgan fingerprint density at radius 1 is 1.21 bits per heavy atom. The van der Waals surface area contributed by atoms with Gasteiger partial charge in [-0.1, -0.05) is 55.1 Å². The second kappa shape index (κ2) is 8.66. The Bertz CT molecular complexity index is 1020. The number of urea groups is 1. The van der Waals surface area contributed by atoms with Crippen LogP contribution < -0.4 is 10.6 Å². The third-order valence-corrected chi connectivity index (χ3v) is 5.65. The van der Waals surface area contributed by atoms with E-state index in [0.717, 1.165) is 9.24 Å². The van der Waals surface area contributed by atoms with Gasteiger partial charge in [-0.15, -0.1) is 0 Å². The number of nitrogens with one attached hydrogen (secondary N) is 2. The van der Waals surface area contributed by atoms with Gasteiger partial charge < -0.3 is 9.26 Å². The van der Waals surface area contributed by atoms with E-state index in [4.69, 9.17) is 9.26 Å². The van der Waals surface area contributed by atoms with Gasteiger partial charge in [0.15, 0.2) is 10.2 Å². The Hall–Kier alpha value is -2.85. The Balaban J connectivity index is 1.59. The van der Waals surface area contributed by atoms with Gasteiger partial charge >= 0.3 is 12.0 Å². The van der Waals surface area contributed by atoms with Crippen molar-refractivity contribution in [1.82, 2.24) is 10.1 Å². The van der Waals surface area contributed by atoms with Gasteiger partial charge in [0, 0.05) is 16.4 Å². The molecular weight excluding hydrogens is 412 g/mol. The van der Waals surface area contributed by atoms with Gasteiger partial charge in [-0.2, -0.15) is 0 Å². The highest BCUT2D eigenvalue weighted by molar-refractivity contribution is 8.01. The first-order valence-electron chi connectivity index (χ1n) is 8.62. The molecule has 0 unspecified atom stereocenters. The van der Waals surface area contributed by atoms with Crippen LogP contribution >= 0.6 is 23.1 Å². The molecule has 0 aliphatic rings. The standard InChI is InChI=1S/C19H20N4O4S2/c1-19(2,3)13-9-14(23-27-13)21-17(25)22-15-10-20-18(29-15)28-12-7-5-6-11(8-12)16(24)26-4/h5-10H,1-4H3,(H2,21,22,23,25). The van der Waals surface area contributed by atoms with E-state index >= 15 is 0 Å². The second-order valence-electron chi connectivity index (χ2n) is 7.02. The smallest absolute Gasteiger partial charge is 0.337 e. The first-order chi connectivity index (χ1) is 13.7. The molecule has 2 aromatic heterocycles. The zero-order valence-electron chi connectivity index (χ0n) is 16.3. The number of carbonyl (C=O) groups excluding carboxylic acids is 2. The summed E-state index contributed by atoms with van der Waals surface area (Å²) in [5, 5.41) is 9.79. The molecule has 10 heteroatoms. The van der Waals surface area contributed by atoms with Crippen molar-refractivity contribution in [3.05, 3.63) is 47.9 Å². The molecule has 0 saturated carbocycles. The fourth-order valence-electron chi connectivity index (χ4n) is 2.22. The summed E-state index contributed by atoms with van der Waals surface area (Å²) in [6, 6.07) is 8.32. The van der Waals surface area contributed by atoms with E-state index in [0.29, 0.717) is 22.1 Å². The second-order valence-corrected chi connectivity index (χ2v) is 9.37. The SMILES string of the molecule is COC(=O)c1cccc(Sc2ncc(NC(=O)Nc3cc(C(C)(C)C)on3)s2)c1. The van der Waals surface area contributed by atoms with Crippen molar-refractivity contribution in [3.8, 4) is 0 Å². The number of rotatable bonds is 5. The fraction of sp³-hybridized carbons (Fsp3) is 0.263. The van der Waals surface area contributed by atoms with Gasteiger partial charge in [0.2, 0.25) is 0 Å². The monoisotopic (exact) mass is 432 g/mol. The Kier molecular flexibility index (Phi) is 6.23. The van der Waals surface area contributed by atoms with Crippen LogP contribution in [0.1, 0.15) is 36.9 Å². The highest BCUT2D eigenvalue weighted by atomic mass is 32.2. The lowest BCUT2D eigenvalue weighted by Gasteiger charge is -2.12. The number of thiazole rings is 1. The molecule has 2 N–H and O–H groups in total. The maximum Gasteiger partial charge on any atom is 0.337 e. The van der Waals surface area contributed by atoms with E-state index in [9.17, 15) is 9.59 Å². The number of anilines is 2. The molecule has 0 spiro atoms. The molecule has 0 saturated heterocycles. The van der Waals surface area contributed by atoms with Crippen LogP contribution in [-0.2, 0) is 10.2 Å². The van der Waals surface area contributed by atoms with E-state index < -0.39 is 12.0 Å². The van der Waals surface area contributed by atoms with Crippen LogP contribution in [0.15, 0.2) is 50.3 Å². The van der Waals surface area contributed by atoms with Crippen molar-refractivity contribution in [2.24, 2.45) is 0 Å². The molecule has 0 aliphatic heterocycles. The van der Waals surface area contributed by atoms with Gasteiger partial charge in [-0.3, -0.25) is 10.6 Å². The molecule has 3 rings (SSSR count). The zero-order chi connectivity index (χ0) is 21.0. The van der Waals surface area contributed by atoms with Crippen molar-refractivity contribution in [1.29, 1.82) is 0 Å². The van der Waals surface area contributed by atoms with Crippen LogP contribution in [0, 0.1) is 0 Å². The molecular formula is C19H20N4O4S2. The van der Waals surface area contributed by atoms with Crippen molar-refractivity contribution < 1.29 is 18.8 Å². The Morgan fingerprint density at radius 3 is 2.69 bits per heavy atom.